The van der Waals surface area contributed by atoms with Crippen LogP contribution in [-0.2, 0) is 4.74 Å². The van der Waals surface area contributed by atoms with Crippen LogP contribution in [0.15, 0.2) is 0 Å². The molecule has 2 nitrogen and oxygen atoms in total. The standard InChI is InChI=1S/C8H16O2/c1-7(9)4-5-10-6-8-2-3-8/h7-9H,2-6H2,1H3. The third kappa shape index (κ3) is 3.85. The first kappa shape index (κ1) is 8.02. The van der Waals surface area contributed by atoms with Crippen molar-refractivity contribution in [3.63, 3.8) is 0 Å². The van der Waals surface area contributed by atoms with Crippen LogP contribution < -0.4 is 0 Å². The summed E-state index contributed by atoms with van der Waals surface area (Å²) in [5, 5.41) is 8.85. The molecule has 10 heavy (non-hydrogen) atoms. The van der Waals surface area contributed by atoms with Crippen LogP contribution in [0.1, 0.15) is 26.2 Å². The second kappa shape index (κ2) is 3.94. The minimum Gasteiger partial charge on any atom is -0.393 e. The molecule has 0 heterocycles. The zero-order valence-electron chi connectivity index (χ0n) is 6.55. The van der Waals surface area contributed by atoms with Crippen molar-refractivity contribution in [1.29, 1.82) is 0 Å². The summed E-state index contributed by atoms with van der Waals surface area (Å²) in [7, 11) is 0. The van der Waals surface area contributed by atoms with E-state index in [9.17, 15) is 0 Å². The average Bonchev–Trinajstić information content (AvgIpc) is 2.62. The third-order valence-corrected chi connectivity index (χ3v) is 1.73. The maximum Gasteiger partial charge on any atom is 0.0534 e. The van der Waals surface area contributed by atoms with Crippen molar-refractivity contribution in [1.82, 2.24) is 0 Å². The first-order valence-electron chi connectivity index (χ1n) is 4.05. The fraction of sp³-hybridized carbons (Fsp3) is 1.00. The van der Waals surface area contributed by atoms with Crippen LogP contribution in [0.5, 0.6) is 0 Å². The molecule has 0 bridgehead atoms. The van der Waals surface area contributed by atoms with Crippen molar-refractivity contribution in [3.8, 4) is 0 Å². The van der Waals surface area contributed by atoms with Crippen molar-refractivity contribution in [2.45, 2.75) is 32.3 Å². The lowest BCUT2D eigenvalue weighted by atomic mass is 10.3. The molecule has 1 saturated carbocycles. The molecule has 1 aliphatic carbocycles. The molecule has 0 spiro atoms. The fourth-order valence-corrected chi connectivity index (χ4v) is 0.788. The van der Waals surface area contributed by atoms with Gasteiger partial charge in [0.15, 0.2) is 0 Å². The summed E-state index contributed by atoms with van der Waals surface area (Å²) in [6.45, 7) is 3.42. The lowest BCUT2D eigenvalue weighted by molar-refractivity contribution is 0.0835. The third-order valence-electron chi connectivity index (χ3n) is 1.73. The number of hydrogen-bond donors (Lipinski definition) is 1. The van der Waals surface area contributed by atoms with Crippen LogP contribution in [0.4, 0.5) is 0 Å². The Morgan fingerprint density at radius 1 is 1.60 bits per heavy atom. The van der Waals surface area contributed by atoms with Gasteiger partial charge in [-0.05, 0) is 32.1 Å². The number of aliphatic hydroxyl groups is 1. The van der Waals surface area contributed by atoms with E-state index in [1.54, 1.807) is 6.92 Å². The molecule has 1 unspecified atom stereocenters. The van der Waals surface area contributed by atoms with Crippen molar-refractivity contribution >= 4 is 0 Å². The van der Waals surface area contributed by atoms with Gasteiger partial charge in [0.1, 0.15) is 0 Å². The highest BCUT2D eigenvalue weighted by Crippen LogP contribution is 2.28. The van der Waals surface area contributed by atoms with E-state index < -0.39 is 0 Å². The highest BCUT2D eigenvalue weighted by Gasteiger charge is 2.20. The summed E-state index contributed by atoms with van der Waals surface area (Å²) in [5.74, 6) is 0.842. The Kier molecular flexibility index (Phi) is 3.16. The van der Waals surface area contributed by atoms with Gasteiger partial charge in [0.25, 0.3) is 0 Å². The molecule has 0 radical (unpaired) electrons. The van der Waals surface area contributed by atoms with Gasteiger partial charge in [-0.3, -0.25) is 0 Å². The molecule has 1 aliphatic rings. The maximum atomic E-state index is 8.85. The molecule has 0 aromatic rings. The topological polar surface area (TPSA) is 29.5 Å². The highest BCUT2D eigenvalue weighted by molar-refractivity contribution is 4.71. The van der Waals surface area contributed by atoms with E-state index in [1.807, 2.05) is 0 Å². The molecule has 2 heteroatoms. The number of ether oxygens (including phenoxy) is 1. The minimum absolute atomic E-state index is 0.209. The summed E-state index contributed by atoms with van der Waals surface area (Å²) >= 11 is 0. The van der Waals surface area contributed by atoms with Crippen LogP contribution in [0.25, 0.3) is 0 Å². The Bertz CT molecular complexity index is 83.3. The van der Waals surface area contributed by atoms with Gasteiger partial charge in [-0.25, -0.2) is 0 Å². The maximum absolute atomic E-state index is 8.85. The van der Waals surface area contributed by atoms with Gasteiger partial charge in [-0.1, -0.05) is 0 Å². The molecule has 0 saturated heterocycles. The monoisotopic (exact) mass is 144 g/mol. The van der Waals surface area contributed by atoms with Crippen molar-refractivity contribution in [3.05, 3.63) is 0 Å². The molecule has 1 fully saturated rings. The quantitative estimate of drug-likeness (QED) is 0.587. The van der Waals surface area contributed by atoms with Crippen LogP contribution in [0, 0.1) is 5.92 Å². The molecule has 1 atom stereocenters. The Hall–Kier alpha value is -0.0800. The fourth-order valence-electron chi connectivity index (χ4n) is 0.788. The highest BCUT2D eigenvalue weighted by atomic mass is 16.5. The Morgan fingerprint density at radius 2 is 2.30 bits per heavy atom. The average molecular weight is 144 g/mol. The zero-order chi connectivity index (χ0) is 7.40. The summed E-state index contributed by atoms with van der Waals surface area (Å²) in [6.07, 6.45) is 3.25. The molecule has 0 aliphatic heterocycles. The molecular formula is C8H16O2. The minimum atomic E-state index is -0.209. The zero-order valence-corrected chi connectivity index (χ0v) is 6.55. The second-order valence-corrected chi connectivity index (χ2v) is 3.16. The van der Waals surface area contributed by atoms with Gasteiger partial charge in [0.05, 0.1) is 6.10 Å². The molecule has 0 aromatic heterocycles. The normalized spacial score (nSPS) is 21.0. The first-order chi connectivity index (χ1) is 4.79. The van der Waals surface area contributed by atoms with Gasteiger partial charge >= 0.3 is 0 Å². The Balaban J connectivity index is 1.76. The summed E-state index contributed by atoms with van der Waals surface area (Å²) < 4.78 is 5.31. The predicted octanol–water partition coefficient (Wildman–Crippen LogP) is 1.18. The first-order valence-corrected chi connectivity index (χ1v) is 4.05. The van der Waals surface area contributed by atoms with E-state index in [4.69, 9.17) is 9.84 Å². The van der Waals surface area contributed by atoms with Crippen LogP contribution in [-0.4, -0.2) is 24.4 Å². The summed E-state index contributed by atoms with van der Waals surface area (Å²) in [5.41, 5.74) is 0. The second-order valence-electron chi connectivity index (χ2n) is 3.16. The number of aliphatic hydroxyl groups excluding tert-OH is 1. The van der Waals surface area contributed by atoms with E-state index in [0.717, 1.165) is 18.9 Å². The smallest absolute Gasteiger partial charge is 0.0534 e. The Morgan fingerprint density at radius 3 is 2.80 bits per heavy atom. The molecule has 0 aromatic carbocycles. The van der Waals surface area contributed by atoms with E-state index in [2.05, 4.69) is 0 Å². The van der Waals surface area contributed by atoms with E-state index in [0.29, 0.717) is 6.61 Å². The van der Waals surface area contributed by atoms with Gasteiger partial charge in [0, 0.05) is 13.2 Å². The molecular weight excluding hydrogens is 128 g/mol. The number of rotatable bonds is 5. The van der Waals surface area contributed by atoms with E-state index in [1.165, 1.54) is 12.8 Å². The van der Waals surface area contributed by atoms with Gasteiger partial charge in [-0.2, -0.15) is 0 Å². The van der Waals surface area contributed by atoms with Crippen molar-refractivity contribution in [2.75, 3.05) is 13.2 Å². The van der Waals surface area contributed by atoms with Crippen LogP contribution in [0.3, 0.4) is 0 Å². The Labute approximate surface area is 62.2 Å². The van der Waals surface area contributed by atoms with Gasteiger partial charge in [0.2, 0.25) is 0 Å². The molecule has 60 valence electrons. The van der Waals surface area contributed by atoms with Gasteiger partial charge < -0.3 is 9.84 Å². The van der Waals surface area contributed by atoms with Crippen LogP contribution in [0.2, 0.25) is 0 Å². The van der Waals surface area contributed by atoms with Crippen molar-refractivity contribution < 1.29 is 9.84 Å². The molecule has 1 rings (SSSR count). The van der Waals surface area contributed by atoms with Crippen molar-refractivity contribution in [2.24, 2.45) is 5.92 Å². The predicted molar refractivity (Wildman–Crippen MR) is 39.8 cm³/mol. The van der Waals surface area contributed by atoms with Crippen LogP contribution >= 0.6 is 0 Å². The molecule has 1 N–H and O–H groups in total. The van der Waals surface area contributed by atoms with E-state index in [-0.39, 0.29) is 6.10 Å². The number of hydrogen-bond acceptors (Lipinski definition) is 2. The summed E-state index contributed by atoms with van der Waals surface area (Å²) in [4.78, 5) is 0. The summed E-state index contributed by atoms with van der Waals surface area (Å²) in [6, 6.07) is 0. The van der Waals surface area contributed by atoms with Gasteiger partial charge in [-0.15, -0.1) is 0 Å². The lowest BCUT2D eigenvalue weighted by Crippen LogP contribution is -2.06. The lowest BCUT2D eigenvalue weighted by Gasteiger charge is -2.04. The largest absolute Gasteiger partial charge is 0.393 e. The van der Waals surface area contributed by atoms with E-state index >= 15 is 0 Å². The SMILES string of the molecule is CC(O)CCOCC1CC1. The molecule has 0 amide bonds.